The molecule has 0 saturated carbocycles. The van der Waals surface area contributed by atoms with Gasteiger partial charge in [0.15, 0.2) is 15.7 Å². The first kappa shape index (κ1) is 20.1. The van der Waals surface area contributed by atoms with Gasteiger partial charge in [-0.2, -0.15) is 9.36 Å². The van der Waals surface area contributed by atoms with Crippen molar-refractivity contribution in [2.75, 3.05) is 16.8 Å². The molecule has 2 aromatic carbocycles. The number of sulfone groups is 1. The van der Waals surface area contributed by atoms with Crippen molar-refractivity contribution in [1.82, 2.24) is 9.36 Å². The van der Waals surface area contributed by atoms with Gasteiger partial charge >= 0.3 is 0 Å². The number of halogens is 1. The molecule has 0 aliphatic carbocycles. The summed E-state index contributed by atoms with van der Waals surface area (Å²) < 4.78 is 41.4. The summed E-state index contributed by atoms with van der Waals surface area (Å²) in [5.74, 6) is -1.35. The quantitative estimate of drug-likeness (QED) is 0.605. The van der Waals surface area contributed by atoms with Crippen molar-refractivity contribution in [1.29, 1.82) is 0 Å². The van der Waals surface area contributed by atoms with Crippen molar-refractivity contribution in [3.63, 3.8) is 0 Å². The SMILES string of the molecule is O=C(CS(=O)(=O)CCCc1ccccc1)Nc1nc(-c2ccc(F)cc2)ns1. The van der Waals surface area contributed by atoms with Gasteiger partial charge in [-0.15, -0.1) is 0 Å². The highest BCUT2D eigenvalue weighted by atomic mass is 32.2. The second-order valence-corrected chi connectivity index (χ2v) is 9.10. The van der Waals surface area contributed by atoms with E-state index in [9.17, 15) is 17.6 Å². The zero-order chi connectivity index (χ0) is 20.0. The third kappa shape index (κ3) is 5.93. The Kier molecular flexibility index (Phi) is 6.48. The molecule has 3 rings (SSSR count). The fourth-order valence-corrected chi connectivity index (χ4v) is 4.36. The fourth-order valence-electron chi connectivity index (χ4n) is 2.56. The third-order valence-corrected chi connectivity index (χ3v) is 6.13. The van der Waals surface area contributed by atoms with Crippen molar-refractivity contribution in [3.8, 4) is 11.4 Å². The van der Waals surface area contributed by atoms with Crippen molar-refractivity contribution in [2.24, 2.45) is 0 Å². The first-order chi connectivity index (χ1) is 13.4. The van der Waals surface area contributed by atoms with Crippen LogP contribution in [0.25, 0.3) is 11.4 Å². The number of rotatable bonds is 8. The van der Waals surface area contributed by atoms with Gasteiger partial charge in [0.1, 0.15) is 11.6 Å². The molecule has 1 amide bonds. The van der Waals surface area contributed by atoms with Crippen LogP contribution in [0.15, 0.2) is 54.6 Å². The van der Waals surface area contributed by atoms with Gasteiger partial charge in [0, 0.05) is 17.1 Å². The molecule has 1 aromatic heterocycles. The van der Waals surface area contributed by atoms with E-state index in [4.69, 9.17) is 0 Å². The van der Waals surface area contributed by atoms with E-state index in [0.717, 1.165) is 17.1 Å². The average Bonchev–Trinajstić information content (AvgIpc) is 3.10. The minimum atomic E-state index is -3.52. The molecule has 0 fully saturated rings. The Balaban J connectivity index is 1.51. The summed E-state index contributed by atoms with van der Waals surface area (Å²) in [7, 11) is -3.52. The molecule has 0 spiro atoms. The summed E-state index contributed by atoms with van der Waals surface area (Å²) in [4.78, 5) is 16.2. The molecule has 1 heterocycles. The van der Waals surface area contributed by atoms with E-state index in [0.29, 0.717) is 24.2 Å². The van der Waals surface area contributed by atoms with Gasteiger partial charge in [0.2, 0.25) is 11.0 Å². The van der Waals surface area contributed by atoms with Crippen LogP contribution in [0.1, 0.15) is 12.0 Å². The zero-order valence-electron chi connectivity index (χ0n) is 14.8. The van der Waals surface area contributed by atoms with E-state index in [1.807, 2.05) is 30.3 Å². The average molecular weight is 420 g/mol. The van der Waals surface area contributed by atoms with E-state index in [1.54, 1.807) is 0 Å². The van der Waals surface area contributed by atoms with E-state index >= 15 is 0 Å². The van der Waals surface area contributed by atoms with Crippen LogP contribution in [-0.2, 0) is 21.1 Å². The van der Waals surface area contributed by atoms with Crippen LogP contribution in [-0.4, -0.2) is 35.2 Å². The van der Waals surface area contributed by atoms with Crippen molar-refractivity contribution in [3.05, 3.63) is 66.0 Å². The summed E-state index contributed by atoms with van der Waals surface area (Å²) in [5.41, 5.74) is 1.66. The molecule has 146 valence electrons. The number of carbonyl (C=O) groups is 1. The molecule has 6 nitrogen and oxygen atoms in total. The number of benzene rings is 2. The predicted octanol–water partition coefficient (Wildman–Crippen LogP) is 3.33. The Morgan fingerprint density at radius 1 is 1.07 bits per heavy atom. The van der Waals surface area contributed by atoms with Crippen LogP contribution in [0.3, 0.4) is 0 Å². The zero-order valence-corrected chi connectivity index (χ0v) is 16.5. The van der Waals surface area contributed by atoms with Crippen LogP contribution in [0.5, 0.6) is 0 Å². The smallest absolute Gasteiger partial charge is 0.241 e. The van der Waals surface area contributed by atoms with Crippen molar-refractivity contribution >= 4 is 32.4 Å². The number of hydrogen-bond acceptors (Lipinski definition) is 6. The number of nitrogens with zero attached hydrogens (tertiary/aromatic N) is 2. The highest BCUT2D eigenvalue weighted by Crippen LogP contribution is 2.21. The normalized spacial score (nSPS) is 11.3. The van der Waals surface area contributed by atoms with E-state index in [1.165, 1.54) is 24.3 Å². The Morgan fingerprint density at radius 2 is 1.79 bits per heavy atom. The number of aryl methyl sites for hydroxylation is 1. The van der Waals surface area contributed by atoms with Crippen molar-refractivity contribution in [2.45, 2.75) is 12.8 Å². The molecule has 9 heteroatoms. The van der Waals surface area contributed by atoms with Gasteiger partial charge in [-0.05, 0) is 42.7 Å². The molecule has 0 atom stereocenters. The molecule has 3 aromatic rings. The number of aromatic nitrogens is 2. The van der Waals surface area contributed by atoms with Crippen LogP contribution in [0.4, 0.5) is 9.52 Å². The maximum absolute atomic E-state index is 13.0. The van der Waals surface area contributed by atoms with Crippen LogP contribution in [0, 0.1) is 5.82 Å². The highest BCUT2D eigenvalue weighted by molar-refractivity contribution is 7.92. The monoisotopic (exact) mass is 419 g/mol. The lowest BCUT2D eigenvalue weighted by atomic mass is 10.1. The molecule has 0 radical (unpaired) electrons. The minimum Gasteiger partial charge on any atom is -0.300 e. The molecule has 0 bridgehead atoms. The third-order valence-electron chi connectivity index (χ3n) is 3.89. The molecule has 28 heavy (non-hydrogen) atoms. The Hall–Kier alpha value is -2.65. The Bertz CT molecular complexity index is 1040. The van der Waals surface area contributed by atoms with Gasteiger partial charge in [-0.1, -0.05) is 30.3 Å². The lowest BCUT2D eigenvalue weighted by Crippen LogP contribution is -2.24. The standard InChI is InChI=1S/C19H18FN3O3S2/c20-16-10-8-15(9-11-16)18-22-19(27-23-18)21-17(24)13-28(25,26)12-4-7-14-5-2-1-3-6-14/h1-3,5-6,8-11H,4,7,12-13H2,(H,21,22,23,24). The summed E-state index contributed by atoms with van der Waals surface area (Å²) >= 11 is 0.936. The number of carbonyl (C=O) groups excluding carboxylic acids is 1. The van der Waals surface area contributed by atoms with Crippen molar-refractivity contribution < 1.29 is 17.6 Å². The second kappa shape index (κ2) is 9.03. The van der Waals surface area contributed by atoms with E-state index in [-0.39, 0.29) is 16.7 Å². The first-order valence-electron chi connectivity index (χ1n) is 8.55. The number of hydrogen-bond donors (Lipinski definition) is 1. The number of nitrogens with one attached hydrogen (secondary N) is 1. The van der Waals surface area contributed by atoms with Gasteiger partial charge in [0.05, 0.1) is 5.75 Å². The maximum atomic E-state index is 13.0. The molecule has 0 aliphatic rings. The molecular weight excluding hydrogens is 401 g/mol. The highest BCUT2D eigenvalue weighted by Gasteiger charge is 2.18. The fraction of sp³-hybridized carbons (Fsp3) is 0.211. The summed E-state index contributed by atoms with van der Waals surface area (Å²) in [6.07, 6.45) is 1.09. The van der Waals surface area contributed by atoms with Crippen LogP contribution >= 0.6 is 11.5 Å². The van der Waals surface area contributed by atoms with Gasteiger partial charge in [0.25, 0.3) is 0 Å². The van der Waals surface area contributed by atoms with Gasteiger partial charge in [-0.3, -0.25) is 10.1 Å². The molecular formula is C19H18FN3O3S2. The van der Waals surface area contributed by atoms with Gasteiger partial charge in [-0.25, -0.2) is 12.8 Å². The second-order valence-electron chi connectivity index (χ2n) is 6.16. The molecule has 0 saturated heterocycles. The summed E-state index contributed by atoms with van der Waals surface area (Å²) in [6.45, 7) is 0. The Labute approximate surface area is 166 Å². The first-order valence-corrected chi connectivity index (χ1v) is 11.1. The predicted molar refractivity (Wildman–Crippen MR) is 107 cm³/mol. The summed E-state index contributed by atoms with van der Waals surface area (Å²) in [5, 5.41) is 2.66. The minimum absolute atomic E-state index is 0.0632. The number of amides is 1. The Morgan fingerprint density at radius 3 is 2.50 bits per heavy atom. The largest absolute Gasteiger partial charge is 0.300 e. The van der Waals surface area contributed by atoms with Crippen LogP contribution in [0.2, 0.25) is 0 Å². The topological polar surface area (TPSA) is 89.0 Å². The lowest BCUT2D eigenvalue weighted by molar-refractivity contribution is -0.113. The molecule has 0 aliphatic heterocycles. The number of anilines is 1. The molecule has 1 N–H and O–H groups in total. The van der Waals surface area contributed by atoms with E-state index < -0.39 is 21.5 Å². The molecule has 0 unspecified atom stereocenters. The summed E-state index contributed by atoms with van der Waals surface area (Å²) in [6, 6.07) is 15.2. The van der Waals surface area contributed by atoms with E-state index in [2.05, 4.69) is 14.7 Å². The maximum Gasteiger partial charge on any atom is 0.241 e. The lowest BCUT2D eigenvalue weighted by Gasteiger charge is -2.04. The van der Waals surface area contributed by atoms with Crippen LogP contribution < -0.4 is 5.32 Å². The van der Waals surface area contributed by atoms with Gasteiger partial charge < -0.3 is 0 Å².